The first kappa shape index (κ1) is 13.0. The molecule has 1 aromatic rings. The molecule has 1 N–H and O–H groups in total. The Morgan fingerprint density at radius 2 is 2.06 bits per heavy atom. The minimum absolute atomic E-state index is 0.0812. The van der Waals surface area contributed by atoms with Gasteiger partial charge in [-0.3, -0.25) is 4.79 Å². The van der Waals surface area contributed by atoms with Crippen LogP contribution in [0.2, 0.25) is 5.02 Å². The Labute approximate surface area is 101 Å². The molecule has 3 heteroatoms. The van der Waals surface area contributed by atoms with E-state index in [1.165, 1.54) is 0 Å². The molecule has 2 atom stereocenters. The number of carbonyl (C=O) groups is 1. The lowest BCUT2D eigenvalue weighted by atomic mass is 9.89. The van der Waals surface area contributed by atoms with Crippen LogP contribution in [0.1, 0.15) is 25.0 Å². The van der Waals surface area contributed by atoms with Crippen LogP contribution in [0.4, 0.5) is 0 Å². The van der Waals surface area contributed by atoms with Crippen molar-refractivity contribution >= 4 is 17.6 Å². The van der Waals surface area contributed by atoms with Gasteiger partial charge in [-0.2, -0.15) is 0 Å². The zero-order chi connectivity index (χ0) is 12.3. The van der Waals surface area contributed by atoms with E-state index in [1.54, 1.807) is 6.92 Å². The fourth-order valence-electron chi connectivity index (χ4n) is 1.58. The zero-order valence-electron chi connectivity index (χ0n) is 9.83. The largest absolute Gasteiger partial charge is 0.481 e. The zero-order valence-corrected chi connectivity index (χ0v) is 10.6. The van der Waals surface area contributed by atoms with Crippen LogP contribution in [0.15, 0.2) is 18.2 Å². The molecule has 0 heterocycles. The van der Waals surface area contributed by atoms with Crippen molar-refractivity contribution in [3.63, 3.8) is 0 Å². The van der Waals surface area contributed by atoms with Crippen molar-refractivity contribution < 1.29 is 9.90 Å². The SMILES string of the molecule is Cc1ccc(CC(C)C(C)C(=O)O)c(Cl)c1. The second-order valence-corrected chi connectivity index (χ2v) is 4.81. The molecule has 0 aromatic heterocycles. The van der Waals surface area contributed by atoms with Gasteiger partial charge in [0.15, 0.2) is 0 Å². The predicted molar refractivity (Wildman–Crippen MR) is 65.9 cm³/mol. The minimum atomic E-state index is -0.754. The summed E-state index contributed by atoms with van der Waals surface area (Å²) in [4.78, 5) is 10.8. The summed E-state index contributed by atoms with van der Waals surface area (Å²) in [5, 5.41) is 9.64. The van der Waals surface area contributed by atoms with E-state index in [-0.39, 0.29) is 11.8 Å². The van der Waals surface area contributed by atoms with Gasteiger partial charge in [-0.25, -0.2) is 0 Å². The Morgan fingerprint density at radius 3 is 2.56 bits per heavy atom. The second kappa shape index (κ2) is 5.35. The highest BCUT2D eigenvalue weighted by molar-refractivity contribution is 6.31. The molecule has 1 aromatic carbocycles. The van der Waals surface area contributed by atoms with Crippen LogP contribution in [0.5, 0.6) is 0 Å². The van der Waals surface area contributed by atoms with Crippen molar-refractivity contribution in [1.82, 2.24) is 0 Å². The van der Waals surface area contributed by atoms with Crippen LogP contribution < -0.4 is 0 Å². The number of carboxylic acid groups (broad SMARTS) is 1. The third-order valence-corrected chi connectivity index (χ3v) is 3.35. The van der Waals surface area contributed by atoms with Gasteiger partial charge in [0.2, 0.25) is 0 Å². The first-order chi connectivity index (χ1) is 7.41. The van der Waals surface area contributed by atoms with Gasteiger partial charge in [0.25, 0.3) is 0 Å². The van der Waals surface area contributed by atoms with E-state index in [9.17, 15) is 4.79 Å². The summed E-state index contributed by atoms with van der Waals surface area (Å²) in [6.07, 6.45) is 0.701. The average molecular weight is 241 g/mol. The lowest BCUT2D eigenvalue weighted by molar-refractivity contribution is -0.142. The van der Waals surface area contributed by atoms with Gasteiger partial charge in [-0.05, 0) is 36.5 Å². The van der Waals surface area contributed by atoms with Gasteiger partial charge in [0.1, 0.15) is 0 Å². The van der Waals surface area contributed by atoms with E-state index in [0.29, 0.717) is 6.42 Å². The minimum Gasteiger partial charge on any atom is -0.481 e. The molecule has 0 radical (unpaired) electrons. The predicted octanol–water partition coefficient (Wildman–Crippen LogP) is 3.55. The summed E-state index contributed by atoms with van der Waals surface area (Å²) in [7, 11) is 0. The van der Waals surface area contributed by atoms with Crippen molar-refractivity contribution in [2.24, 2.45) is 11.8 Å². The van der Waals surface area contributed by atoms with Crippen molar-refractivity contribution in [3.8, 4) is 0 Å². The van der Waals surface area contributed by atoms with Crippen molar-refractivity contribution in [2.45, 2.75) is 27.2 Å². The van der Waals surface area contributed by atoms with E-state index in [1.807, 2.05) is 32.0 Å². The number of carboxylic acids is 1. The monoisotopic (exact) mass is 240 g/mol. The fourth-order valence-corrected chi connectivity index (χ4v) is 1.90. The summed E-state index contributed by atoms with van der Waals surface area (Å²) in [6.45, 7) is 5.66. The molecule has 0 spiro atoms. The van der Waals surface area contributed by atoms with Crippen molar-refractivity contribution in [3.05, 3.63) is 34.3 Å². The number of rotatable bonds is 4. The van der Waals surface area contributed by atoms with E-state index < -0.39 is 5.97 Å². The highest BCUT2D eigenvalue weighted by Gasteiger charge is 2.20. The molecule has 1 rings (SSSR count). The van der Waals surface area contributed by atoms with E-state index in [2.05, 4.69) is 0 Å². The van der Waals surface area contributed by atoms with Crippen LogP contribution in [-0.2, 0) is 11.2 Å². The topological polar surface area (TPSA) is 37.3 Å². The smallest absolute Gasteiger partial charge is 0.306 e. The molecule has 0 amide bonds. The number of hydrogen-bond acceptors (Lipinski definition) is 1. The number of benzene rings is 1. The van der Waals surface area contributed by atoms with Crippen LogP contribution in [-0.4, -0.2) is 11.1 Å². The Bertz CT molecular complexity index is 388. The summed E-state index contributed by atoms with van der Waals surface area (Å²) in [5.41, 5.74) is 2.14. The number of aryl methyl sites for hydroxylation is 1. The molecule has 0 saturated carbocycles. The number of halogens is 1. The molecule has 0 aliphatic carbocycles. The molecular formula is C13H17ClO2. The quantitative estimate of drug-likeness (QED) is 0.874. The van der Waals surface area contributed by atoms with Crippen LogP contribution >= 0.6 is 11.6 Å². The molecular weight excluding hydrogens is 224 g/mol. The third-order valence-electron chi connectivity index (χ3n) is 2.99. The van der Waals surface area contributed by atoms with Crippen LogP contribution in [0, 0.1) is 18.8 Å². The molecule has 0 fully saturated rings. The van der Waals surface area contributed by atoms with E-state index >= 15 is 0 Å². The first-order valence-corrected chi connectivity index (χ1v) is 5.77. The molecule has 0 bridgehead atoms. The molecule has 0 aliphatic heterocycles. The van der Waals surface area contributed by atoms with Gasteiger partial charge in [-0.1, -0.05) is 37.6 Å². The van der Waals surface area contributed by atoms with Gasteiger partial charge in [0, 0.05) is 5.02 Å². The molecule has 16 heavy (non-hydrogen) atoms. The summed E-state index contributed by atoms with van der Waals surface area (Å²) in [6, 6.07) is 5.89. The van der Waals surface area contributed by atoms with Gasteiger partial charge in [-0.15, -0.1) is 0 Å². The maximum atomic E-state index is 10.8. The van der Waals surface area contributed by atoms with E-state index in [4.69, 9.17) is 16.7 Å². The lowest BCUT2D eigenvalue weighted by Crippen LogP contribution is -2.20. The van der Waals surface area contributed by atoms with Crippen molar-refractivity contribution in [2.75, 3.05) is 0 Å². The number of hydrogen-bond donors (Lipinski definition) is 1. The van der Waals surface area contributed by atoms with Crippen LogP contribution in [0.25, 0.3) is 0 Å². The first-order valence-electron chi connectivity index (χ1n) is 5.39. The highest BCUT2D eigenvalue weighted by atomic mass is 35.5. The Kier molecular flexibility index (Phi) is 4.36. The standard InChI is InChI=1S/C13H17ClO2/c1-8-4-5-11(12(14)6-8)7-9(2)10(3)13(15)16/h4-6,9-10H,7H2,1-3H3,(H,15,16). The highest BCUT2D eigenvalue weighted by Crippen LogP contribution is 2.24. The third kappa shape index (κ3) is 3.24. The molecule has 0 aliphatic rings. The van der Waals surface area contributed by atoms with E-state index in [0.717, 1.165) is 16.1 Å². The second-order valence-electron chi connectivity index (χ2n) is 4.40. The lowest BCUT2D eigenvalue weighted by Gasteiger charge is -2.16. The molecule has 88 valence electrons. The van der Waals surface area contributed by atoms with Gasteiger partial charge in [0.05, 0.1) is 5.92 Å². The number of aliphatic carboxylic acids is 1. The molecule has 0 saturated heterocycles. The van der Waals surface area contributed by atoms with Gasteiger partial charge >= 0.3 is 5.97 Å². The maximum Gasteiger partial charge on any atom is 0.306 e. The summed E-state index contributed by atoms with van der Waals surface area (Å²) >= 11 is 6.11. The van der Waals surface area contributed by atoms with Crippen molar-refractivity contribution in [1.29, 1.82) is 0 Å². The fraction of sp³-hybridized carbons (Fsp3) is 0.462. The molecule has 2 nitrogen and oxygen atoms in total. The van der Waals surface area contributed by atoms with Gasteiger partial charge < -0.3 is 5.11 Å². The Morgan fingerprint density at radius 1 is 1.44 bits per heavy atom. The van der Waals surface area contributed by atoms with Crippen LogP contribution in [0.3, 0.4) is 0 Å². The Hall–Kier alpha value is -1.02. The normalized spacial score (nSPS) is 14.5. The Balaban J connectivity index is 2.77. The summed E-state index contributed by atoms with van der Waals surface area (Å²) < 4.78 is 0. The summed E-state index contributed by atoms with van der Waals surface area (Å²) in [5.74, 6) is -1.02. The maximum absolute atomic E-state index is 10.8. The average Bonchev–Trinajstić information content (AvgIpc) is 2.20. The molecule has 2 unspecified atom stereocenters.